The first-order chi connectivity index (χ1) is 16.4. The highest BCUT2D eigenvalue weighted by Crippen LogP contribution is 2.24. The Morgan fingerprint density at radius 2 is 1.72 bits per heavy atom. The predicted octanol–water partition coefficient (Wildman–Crippen LogP) is 5.30. The molecule has 0 aliphatic heterocycles. The normalized spacial score (nSPS) is 10.9. The van der Waals surface area contributed by atoms with Crippen LogP contribution in [0.3, 0.4) is 0 Å². The van der Waals surface area contributed by atoms with Gasteiger partial charge in [-0.3, -0.25) is 19.5 Å². The Morgan fingerprint density at radius 3 is 2.28 bits per heavy atom. The average Bonchev–Trinajstić information content (AvgIpc) is 2.75. The fraction of sp³-hybridized carbons (Fsp3) is 0.440. The van der Waals surface area contributed by atoms with Gasteiger partial charge in [-0.05, 0) is 65.0 Å². The molecule has 0 saturated carbocycles. The number of benzene rings is 1. The minimum atomic E-state index is -0.984. The molecule has 198 valence electrons. The van der Waals surface area contributed by atoms with E-state index in [4.69, 9.17) is 26.2 Å². The van der Waals surface area contributed by atoms with Gasteiger partial charge in [-0.1, -0.05) is 11.6 Å². The van der Waals surface area contributed by atoms with Crippen molar-refractivity contribution in [2.45, 2.75) is 52.7 Å². The molecule has 9 nitrogen and oxygen atoms in total. The van der Waals surface area contributed by atoms with Gasteiger partial charge >= 0.3 is 12.1 Å². The number of rotatable bonds is 10. The number of carboxylic acids is 1. The summed E-state index contributed by atoms with van der Waals surface area (Å²) >= 11 is 6.23. The molecule has 11 heteroatoms. The number of anilines is 1. The van der Waals surface area contributed by atoms with Crippen LogP contribution in [0.2, 0.25) is 5.02 Å². The lowest BCUT2D eigenvalue weighted by molar-refractivity contribution is -0.137. The van der Waals surface area contributed by atoms with Gasteiger partial charge in [0, 0.05) is 35.6 Å². The van der Waals surface area contributed by atoms with Gasteiger partial charge in [0.15, 0.2) is 0 Å². The Bertz CT molecular complexity index is 1030. The van der Waals surface area contributed by atoms with Gasteiger partial charge in [0.2, 0.25) is 0 Å². The summed E-state index contributed by atoms with van der Waals surface area (Å²) in [6.45, 7) is 9.33. The predicted molar refractivity (Wildman–Crippen MR) is 140 cm³/mol. The van der Waals surface area contributed by atoms with Crippen LogP contribution in [0.15, 0.2) is 42.7 Å². The van der Waals surface area contributed by atoms with Crippen LogP contribution in [0.1, 0.15) is 51.4 Å². The van der Waals surface area contributed by atoms with E-state index in [0.29, 0.717) is 16.5 Å². The number of carbonyl (C=O) groups excluding carboxylic acids is 2. The zero-order valence-corrected chi connectivity index (χ0v) is 22.6. The number of carboxylic acid groups (broad SMARTS) is 1. The Hall–Kier alpha value is -3.04. The van der Waals surface area contributed by atoms with Crippen molar-refractivity contribution >= 4 is 47.7 Å². The number of ether oxygens (including phenoxy) is 2. The van der Waals surface area contributed by atoms with Crippen LogP contribution in [0.25, 0.3) is 0 Å². The van der Waals surface area contributed by atoms with Gasteiger partial charge in [-0.25, -0.2) is 4.79 Å². The second-order valence-corrected chi connectivity index (χ2v) is 9.53. The summed E-state index contributed by atoms with van der Waals surface area (Å²) in [5.74, 6) is -0.982. The lowest BCUT2D eigenvalue weighted by Gasteiger charge is -2.27. The van der Waals surface area contributed by atoms with Crippen molar-refractivity contribution < 1.29 is 29.0 Å². The molecule has 0 radical (unpaired) electrons. The molecule has 36 heavy (non-hydrogen) atoms. The van der Waals surface area contributed by atoms with Crippen LogP contribution in [0, 0.1) is 0 Å². The largest absolute Gasteiger partial charge is 0.492 e. The molecule has 2 aromatic rings. The van der Waals surface area contributed by atoms with Crippen LogP contribution in [-0.2, 0) is 9.53 Å². The number of nitrogens with zero attached hydrogens (tertiary/aromatic N) is 3. The molecule has 1 aromatic carbocycles. The van der Waals surface area contributed by atoms with E-state index in [-0.39, 0.29) is 56.0 Å². The lowest BCUT2D eigenvalue weighted by Crippen LogP contribution is -2.39. The van der Waals surface area contributed by atoms with Crippen LogP contribution in [-0.4, -0.2) is 64.3 Å². The summed E-state index contributed by atoms with van der Waals surface area (Å²) in [6.07, 6.45) is 2.46. The maximum Gasteiger partial charge on any atom is 0.414 e. The number of carbonyl (C=O) groups is 3. The van der Waals surface area contributed by atoms with Crippen molar-refractivity contribution in [3.05, 3.63) is 53.3 Å². The van der Waals surface area contributed by atoms with Gasteiger partial charge in [-0.15, -0.1) is 12.4 Å². The first kappa shape index (κ1) is 31.0. The molecule has 0 unspecified atom stereocenters. The van der Waals surface area contributed by atoms with Gasteiger partial charge in [0.05, 0.1) is 18.7 Å². The van der Waals surface area contributed by atoms with E-state index in [1.807, 2.05) is 13.8 Å². The number of amides is 2. The quantitative estimate of drug-likeness (QED) is 0.434. The molecular weight excluding hydrogens is 509 g/mol. The number of aliphatic carboxylic acids is 1. The van der Waals surface area contributed by atoms with E-state index in [0.717, 1.165) is 0 Å². The molecule has 1 aromatic heterocycles. The second-order valence-electron chi connectivity index (χ2n) is 9.10. The third-order valence-corrected chi connectivity index (χ3v) is 4.96. The van der Waals surface area contributed by atoms with Gasteiger partial charge in [0.25, 0.3) is 5.91 Å². The van der Waals surface area contributed by atoms with Crippen LogP contribution in [0.5, 0.6) is 5.75 Å². The van der Waals surface area contributed by atoms with Crippen molar-refractivity contribution in [3.8, 4) is 5.75 Å². The van der Waals surface area contributed by atoms with E-state index < -0.39 is 17.7 Å². The van der Waals surface area contributed by atoms with Crippen LogP contribution < -0.4 is 9.64 Å². The van der Waals surface area contributed by atoms with Gasteiger partial charge < -0.3 is 19.5 Å². The maximum atomic E-state index is 13.0. The van der Waals surface area contributed by atoms with Crippen molar-refractivity contribution in [1.29, 1.82) is 0 Å². The van der Waals surface area contributed by atoms with Crippen LogP contribution in [0.4, 0.5) is 10.5 Å². The summed E-state index contributed by atoms with van der Waals surface area (Å²) in [5, 5.41) is 9.29. The zero-order chi connectivity index (χ0) is 26.2. The number of pyridine rings is 1. The molecule has 0 bridgehead atoms. The highest BCUT2D eigenvalue weighted by Gasteiger charge is 2.24. The topological polar surface area (TPSA) is 109 Å². The van der Waals surface area contributed by atoms with Gasteiger partial charge in [-0.2, -0.15) is 0 Å². The number of hydrogen-bond acceptors (Lipinski definition) is 6. The molecule has 0 spiro atoms. The molecule has 1 heterocycles. The third kappa shape index (κ3) is 9.91. The minimum Gasteiger partial charge on any atom is -0.492 e. The van der Waals surface area contributed by atoms with Crippen molar-refractivity contribution in [3.63, 3.8) is 0 Å². The number of halogens is 2. The Balaban J connectivity index is 0.00000648. The zero-order valence-electron chi connectivity index (χ0n) is 21.1. The van der Waals surface area contributed by atoms with Crippen molar-refractivity contribution in [2.75, 3.05) is 24.6 Å². The summed E-state index contributed by atoms with van der Waals surface area (Å²) in [5.41, 5.74) is 0.213. The first-order valence-electron chi connectivity index (χ1n) is 11.2. The fourth-order valence-corrected chi connectivity index (χ4v) is 3.39. The minimum absolute atomic E-state index is 0. The highest BCUT2D eigenvalue weighted by molar-refractivity contribution is 6.31. The molecular formula is C25H33Cl2N3O6. The fourth-order valence-electron chi connectivity index (χ4n) is 3.17. The Labute approximate surface area is 222 Å². The highest BCUT2D eigenvalue weighted by atomic mass is 35.5. The van der Waals surface area contributed by atoms with E-state index >= 15 is 0 Å². The third-order valence-electron chi connectivity index (χ3n) is 4.74. The Morgan fingerprint density at radius 1 is 1.08 bits per heavy atom. The molecule has 0 atom stereocenters. The standard InChI is InChI=1S/C25H32ClN3O6.ClH/c1-17(2)28(11-8-22(30)31)23(32)18-14-19(26)16-21(15-18)34-13-12-29(20-6-9-27-10-7-20)24(33)35-25(3,4)5;/h6-7,9-10,14-17H,8,11-13H2,1-5H3,(H,30,31);1H. The summed E-state index contributed by atoms with van der Waals surface area (Å²) < 4.78 is 11.3. The van der Waals surface area contributed by atoms with E-state index in [1.54, 1.807) is 57.4 Å². The van der Waals surface area contributed by atoms with E-state index in [1.165, 1.54) is 15.9 Å². The van der Waals surface area contributed by atoms with Gasteiger partial charge in [0.1, 0.15) is 18.0 Å². The molecule has 0 aliphatic rings. The number of aromatic nitrogens is 1. The number of hydrogen-bond donors (Lipinski definition) is 1. The summed E-state index contributed by atoms with van der Waals surface area (Å²) in [7, 11) is 0. The van der Waals surface area contributed by atoms with E-state index in [2.05, 4.69) is 4.98 Å². The average molecular weight is 542 g/mol. The summed E-state index contributed by atoms with van der Waals surface area (Å²) in [4.78, 5) is 43.7. The molecule has 0 saturated heterocycles. The SMILES string of the molecule is CC(C)N(CCC(=O)O)C(=O)c1cc(Cl)cc(OCCN(C(=O)OC(C)(C)C)c2ccncc2)c1.Cl. The smallest absolute Gasteiger partial charge is 0.414 e. The van der Waals surface area contributed by atoms with Crippen molar-refractivity contribution in [1.82, 2.24) is 9.88 Å². The van der Waals surface area contributed by atoms with E-state index in [9.17, 15) is 14.4 Å². The summed E-state index contributed by atoms with van der Waals surface area (Å²) in [6, 6.07) is 7.81. The second kappa shape index (κ2) is 13.9. The molecule has 2 rings (SSSR count). The molecule has 2 amide bonds. The maximum absolute atomic E-state index is 13.0. The Kier molecular flexibility index (Phi) is 12.0. The molecule has 0 fully saturated rings. The molecule has 1 N–H and O–H groups in total. The van der Waals surface area contributed by atoms with Crippen LogP contribution >= 0.6 is 24.0 Å². The first-order valence-corrected chi connectivity index (χ1v) is 11.6. The lowest BCUT2D eigenvalue weighted by atomic mass is 10.1. The monoisotopic (exact) mass is 541 g/mol. The molecule has 0 aliphatic carbocycles. The van der Waals surface area contributed by atoms with Crippen molar-refractivity contribution in [2.24, 2.45) is 0 Å².